The van der Waals surface area contributed by atoms with E-state index in [1.807, 2.05) is 54.6 Å². The molecule has 21 heavy (non-hydrogen) atoms. The lowest BCUT2D eigenvalue weighted by molar-refractivity contribution is -0.145. The quantitative estimate of drug-likeness (QED) is 0.828. The highest BCUT2D eigenvalue weighted by Gasteiger charge is 2.14. The first-order valence-corrected chi connectivity index (χ1v) is 6.80. The first-order valence-electron chi connectivity index (χ1n) is 6.80. The second kappa shape index (κ2) is 7.33. The molecule has 0 spiro atoms. The SMILES string of the molecule is COc1ccc(NC(C)C(=O)OCc2ccccc2)cc1. The molecule has 2 aromatic rings. The summed E-state index contributed by atoms with van der Waals surface area (Å²) in [7, 11) is 1.62. The molecule has 0 aliphatic heterocycles. The van der Waals surface area contributed by atoms with Gasteiger partial charge in [-0.2, -0.15) is 0 Å². The Bertz CT molecular complexity index is 566. The van der Waals surface area contributed by atoms with Crippen molar-refractivity contribution >= 4 is 11.7 Å². The van der Waals surface area contributed by atoms with Gasteiger partial charge in [-0.1, -0.05) is 30.3 Å². The molecule has 1 atom stereocenters. The molecule has 0 saturated carbocycles. The molecule has 0 amide bonds. The normalized spacial score (nSPS) is 11.5. The molecule has 2 rings (SSSR count). The number of benzene rings is 2. The molecule has 4 nitrogen and oxygen atoms in total. The second-order valence-corrected chi connectivity index (χ2v) is 4.69. The molecule has 2 aromatic carbocycles. The van der Waals surface area contributed by atoms with Crippen LogP contribution in [0.3, 0.4) is 0 Å². The zero-order chi connectivity index (χ0) is 15.1. The molecule has 0 bridgehead atoms. The molecular weight excluding hydrogens is 266 g/mol. The lowest BCUT2D eigenvalue weighted by atomic mass is 10.2. The minimum atomic E-state index is -0.415. The van der Waals surface area contributed by atoms with Crippen molar-refractivity contribution in [3.05, 3.63) is 60.2 Å². The highest BCUT2D eigenvalue weighted by atomic mass is 16.5. The van der Waals surface area contributed by atoms with Crippen molar-refractivity contribution < 1.29 is 14.3 Å². The predicted octanol–water partition coefficient (Wildman–Crippen LogP) is 3.24. The summed E-state index contributed by atoms with van der Waals surface area (Å²) in [5, 5.41) is 3.10. The molecule has 0 aromatic heterocycles. The molecule has 0 heterocycles. The number of ether oxygens (including phenoxy) is 2. The summed E-state index contributed by atoms with van der Waals surface area (Å²) in [6.07, 6.45) is 0. The van der Waals surface area contributed by atoms with E-state index in [4.69, 9.17) is 9.47 Å². The Balaban J connectivity index is 1.84. The summed E-state index contributed by atoms with van der Waals surface area (Å²) in [6.45, 7) is 2.06. The Kier molecular flexibility index (Phi) is 5.21. The molecule has 110 valence electrons. The number of hydrogen-bond donors (Lipinski definition) is 1. The average molecular weight is 285 g/mol. The third-order valence-electron chi connectivity index (χ3n) is 3.05. The zero-order valence-corrected chi connectivity index (χ0v) is 12.2. The lowest BCUT2D eigenvalue weighted by Crippen LogP contribution is -2.28. The van der Waals surface area contributed by atoms with Crippen LogP contribution in [0.25, 0.3) is 0 Å². The molecule has 0 aliphatic carbocycles. The van der Waals surface area contributed by atoms with E-state index in [2.05, 4.69) is 5.32 Å². The number of carbonyl (C=O) groups excluding carboxylic acids is 1. The van der Waals surface area contributed by atoms with Crippen molar-refractivity contribution in [2.45, 2.75) is 19.6 Å². The van der Waals surface area contributed by atoms with Crippen molar-refractivity contribution in [1.29, 1.82) is 0 Å². The number of hydrogen-bond acceptors (Lipinski definition) is 4. The van der Waals surface area contributed by atoms with Gasteiger partial charge in [-0.25, -0.2) is 4.79 Å². The van der Waals surface area contributed by atoms with Crippen LogP contribution in [0, 0.1) is 0 Å². The minimum absolute atomic E-state index is 0.283. The molecule has 4 heteroatoms. The second-order valence-electron chi connectivity index (χ2n) is 4.69. The Morgan fingerprint density at radius 2 is 1.76 bits per heavy atom. The topological polar surface area (TPSA) is 47.6 Å². The zero-order valence-electron chi connectivity index (χ0n) is 12.2. The van der Waals surface area contributed by atoms with E-state index >= 15 is 0 Å². The van der Waals surface area contributed by atoms with Gasteiger partial charge in [-0.15, -0.1) is 0 Å². The first-order chi connectivity index (χ1) is 10.2. The fourth-order valence-corrected chi connectivity index (χ4v) is 1.85. The molecule has 1 N–H and O–H groups in total. The maximum atomic E-state index is 11.9. The summed E-state index contributed by atoms with van der Waals surface area (Å²) in [4.78, 5) is 11.9. The van der Waals surface area contributed by atoms with Crippen molar-refractivity contribution in [1.82, 2.24) is 0 Å². The maximum absolute atomic E-state index is 11.9. The highest BCUT2D eigenvalue weighted by molar-refractivity contribution is 5.78. The summed E-state index contributed by atoms with van der Waals surface area (Å²) in [5.41, 5.74) is 1.82. The number of esters is 1. The number of anilines is 1. The van der Waals surface area contributed by atoms with Crippen LogP contribution < -0.4 is 10.1 Å². The molecule has 0 fully saturated rings. The van der Waals surface area contributed by atoms with Gasteiger partial charge in [0.2, 0.25) is 0 Å². The Hall–Kier alpha value is -2.49. The molecule has 0 radical (unpaired) electrons. The van der Waals surface area contributed by atoms with E-state index in [1.54, 1.807) is 14.0 Å². The Labute approximate surface area is 124 Å². The van der Waals surface area contributed by atoms with E-state index in [-0.39, 0.29) is 12.6 Å². The van der Waals surface area contributed by atoms with E-state index in [0.717, 1.165) is 17.0 Å². The van der Waals surface area contributed by atoms with Gasteiger partial charge in [0.15, 0.2) is 0 Å². The van der Waals surface area contributed by atoms with Crippen LogP contribution in [-0.4, -0.2) is 19.1 Å². The van der Waals surface area contributed by atoms with Crippen LogP contribution in [-0.2, 0) is 16.1 Å². The monoisotopic (exact) mass is 285 g/mol. The van der Waals surface area contributed by atoms with E-state index in [1.165, 1.54) is 0 Å². The fraction of sp³-hybridized carbons (Fsp3) is 0.235. The first kappa shape index (κ1) is 14.9. The van der Waals surface area contributed by atoms with Gasteiger partial charge in [0.05, 0.1) is 7.11 Å². The number of nitrogens with one attached hydrogen (secondary N) is 1. The highest BCUT2D eigenvalue weighted by Crippen LogP contribution is 2.16. The Morgan fingerprint density at radius 3 is 2.38 bits per heavy atom. The van der Waals surface area contributed by atoms with E-state index in [9.17, 15) is 4.79 Å². The number of carbonyl (C=O) groups is 1. The van der Waals surface area contributed by atoms with Crippen molar-refractivity contribution in [2.75, 3.05) is 12.4 Å². The van der Waals surface area contributed by atoms with Gasteiger partial charge in [0.25, 0.3) is 0 Å². The van der Waals surface area contributed by atoms with Gasteiger partial charge in [-0.05, 0) is 36.8 Å². The standard InChI is InChI=1S/C17H19NO3/c1-13(18-15-8-10-16(20-2)11-9-15)17(19)21-12-14-6-4-3-5-7-14/h3-11,13,18H,12H2,1-2H3. The van der Waals surface area contributed by atoms with Crippen molar-refractivity contribution in [3.63, 3.8) is 0 Å². The van der Waals surface area contributed by atoms with Crippen molar-refractivity contribution in [2.24, 2.45) is 0 Å². The van der Waals surface area contributed by atoms with Gasteiger partial charge in [0, 0.05) is 5.69 Å². The summed E-state index contributed by atoms with van der Waals surface area (Å²) >= 11 is 0. The van der Waals surface area contributed by atoms with Gasteiger partial charge in [-0.3, -0.25) is 0 Å². The average Bonchev–Trinajstić information content (AvgIpc) is 2.54. The molecule has 1 unspecified atom stereocenters. The maximum Gasteiger partial charge on any atom is 0.328 e. The lowest BCUT2D eigenvalue weighted by Gasteiger charge is -2.14. The molecule has 0 saturated heterocycles. The third kappa shape index (κ3) is 4.53. The third-order valence-corrected chi connectivity index (χ3v) is 3.05. The van der Waals surface area contributed by atoms with Gasteiger partial charge < -0.3 is 14.8 Å². The largest absolute Gasteiger partial charge is 0.497 e. The van der Waals surface area contributed by atoms with Crippen LogP contribution in [0.15, 0.2) is 54.6 Å². The summed E-state index contributed by atoms with van der Waals surface area (Å²) < 4.78 is 10.4. The number of rotatable bonds is 6. The summed E-state index contributed by atoms with van der Waals surface area (Å²) in [6, 6.07) is 16.6. The Morgan fingerprint density at radius 1 is 1.10 bits per heavy atom. The van der Waals surface area contributed by atoms with Gasteiger partial charge in [0.1, 0.15) is 18.4 Å². The van der Waals surface area contributed by atoms with Crippen LogP contribution >= 0.6 is 0 Å². The summed E-state index contributed by atoms with van der Waals surface area (Å²) in [5.74, 6) is 0.495. The molecule has 0 aliphatic rings. The fourth-order valence-electron chi connectivity index (χ4n) is 1.85. The van der Waals surface area contributed by atoms with E-state index < -0.39 is 6.04 Å². The van der Waals surface area contributed by atoms with Crippen LogP contribution in [0.5, 0.6) is 5.75 Å². The number of methoxy groups -OCH3 is 1. The van der Waals surface area contributed by atoms with Crippen LogP contribution in [0.4, 0.5) is 5.69 Å². The van der Waals surface area contributed by atoms with Crippen LogP contribution in [0.2, 0.25) is 0 Å². The minimum Gasteiger partial charge on any atom is -0.497 e. The van der Waals surface area contributed by atoms with Crippen LogP contribution in [0.1, 0.15) is 12.5 Å². The molecular formula is C17H19NO3. The van der Waals surface area contributed by atoms with E-state index in [0.29, 0.717) is 0 Å². The smallest absolute Gasteiger partial charge is 0.328 e. The van der Waals surface area contributed by atoms with Crippen molar-refractivity contribution in [3.8, 4) is 5.75 Å². The predicted molar refractivity (Wildman–Crippen MR) is 82.3 cm³/mol. The van der Waals surface area contributed by atoms with Gasteiger partial charge >= 0.3 is 5.97 Å².